The number of hydrogen-bond acceptors (Lipinski definition) is 3. The summed E-state index contributed by atoms with van der Waals surface area (Å²) in [7, 11) is 0. The fourth-order valence-electron chi connectivity index (χ4n) is 1.60. The quantitative estimate of drug-likeness (QED) is 0.636. The predicted molar refractivity (Wildman–Crippen MR) is 50.1 cm³/mol. The maximum Gasteiger partial charge on any atom is 0.239 e. The molecule has 0 unspecified atom stereocenters. The van der Waals surface area contributed by atoms with Crippen LogP contribution in [0.3, 0.4) is 0 Å². The Morgan fingerprint density at radius 2 is 2.23 bits per heavy atom. The lowest BCUT2D eigenvalue weighted by molar-refractivity contribution is -0.153. The zero-order chi connectivity index (χ0) is 10.1. The second-order valence-corrected chi connectivity index (χ2v) is 4.09. The van der Waals surface area contributed by atoms with Crippen LogP contribution in [0.15, 0.2) is 0 Å². The lowest BCUT2D eigenvalue weighted by atomic mass is 9.95. The molecule has 4 heteroatoms. The number of nitrogens with two attached hydrogens (primary N) is 1. The first kappa shape index (κ1) is 10.5. The zero-order valence-electron chi connectivity index (χ0n) is 8.29. The Balaban J connectivity index is 2.34. The van der Waals surface area contributed by atoms with Crippen molar-refractivity contribution < 1.29 is 9.90 Å². The summed E-state index contributed by atoms with van der Waals surface area (Å²) in [6, 6.07) is -0.388. The lowest BCUT2D eigenvalue weighted by Crippen LogP contribution is -2.64. The third-order valence-electron chi connectivity index (χ3n) is 2.29. The van der Waals surface area contributed by atoms with E-state index in [9.17, 15) is 9.90 Å². The molecular weight excluding hydrogens is 168 g/mol. The van der Waals surface area contributed by atoms with E-state index < -0.39 is 5.60 Å². The molecule has 76 valence electrons. The van der Waals surface area contributed by atoms with Gasteiger partial charge in [0.1, 0.15) is 0 Å². The minimum atomic E-state index is -0.693. The fraction of sp³-hybridized carbons (Fsp3) is 0.889. The molecular formula is C9H18N2O2. The van der Waals surface area contributed by atoms with Crippen LogP contribution in [0.4, 0.5) is 0 Å². The van der Waals surface area contributed by atoms with Crippen molar-refractivity contribution in [1.82, 2.24) is 4.90 Å². The van der Waals surface area contributed by atoms with Crippen LogP contribution in [0.2, 0.25) is 0 Å². The number of aliphatic hydroxyl groups is 1. The van der Waals surface area contributed by atoms with Crippen molar-refractivity contribution in [2.24, 2.45) is 5.73 Å². The first-order valence-electron chi connectivity index (χ1n) is 4.73. The number of β-amino-alcohol motifs (C(OH)–C–C–N with tert-alkyl or cyclic N) is 1. The molecule has 4 nitrogen and oxygen atoms in total. The number of nitrogens with zero attached hydrogens (tertiary/aromatic N) is 1. The molecule has 1 rings (SSSR count). The summed E-state index contributed by atoms with van der Waals surface area (Å²) in [5.41, 5.74) is 4.96. The topological polar surface area (TPSA) is 66.6 Å². The third kappa shape index (κ3) is 2.42. The van der Waals surface area contributed by atoms with E-state index in [1.807, 2.05) is 6.92 Å². The molecule has 1 amide bonds. The summed E-state index contributed by atoms with van der Waals surface area (Å²) in [6.45, 7) is 4.56. The molecule has 0 aromatic rings. The number of carbonyl (C=O) groups is 1. The van der Waals surface area contributed by atoms with E-state index in [0.29, 0.717) is 13.1 Å². The molecule has 0 aromatic carbocycles. The molecule has 1 aliphatic rings. The van der Waals surface area contributed by atoms with Crippen molar-refractivity contribution in [1.29, 1.82) is 0 Å². The van der Waals surface area contributed by atoms with Gasteiger partial charge in [-0.2, -0.15) is 0 Å². The Morgan fingerprint density at radius 1 is 1.69 bits per heavy atom. The first-order valence-corrected chi connectivity index (χ1v) is 4.73. The molecule has 1 aliphatic heterocycles. The molecule has 0 aromatic heterocycles. The van der Waals surface area contributed by atoms with Gasteiger partial charge in [-0.05, 0) is 13.3 Å². The molecule has 0 spiro atoms. The third-order valence-corrected chi connectivity index (χ3v) is 2.29. The first-order chi connectivity index (χ1) is 5.96. The zero-order valence-corrected chi connectivity index (χ0v) is 8.29. The molecule has 0 radical (unpaired) electrons. The number of carbonyl (C=O) groups excluding carboxylic acids is 1. The van der Waals surface area contributed by atoms with Gasteiger partial charge in [-0.3, -0.25) is 4.79 Å². The maximum atomic E-state index is 11.5. The van der Waals surface area contributed by atoms with Crippen molar-refractivity contribution in [3.05, 3.63) is 0 Å². The molecule has 1 saturated heterocycles. The second kappa shape index (κ2) is 3.64. The maximum absolute atomic E-state index is 11.5. The van der Waals surface area contributed by atoms with Gasteiger partial charge in [-0.15, -0.1) is 0 Å². The van der Waals surface area contributed by atoms with E-state index in [2.05, 4.69) is 0 Å². The average molecular weight is 186 g/mol. The van der Waals surface area contributed by atoms with Gasteiger partial charge in [0.2, 0.25) is 5.91 Å². The standard InChI is InChI=1S/C9H18N2O2/c1-3-4-7(10)8(12)11-5-9(2,13)6-11/h7,13H,3-6,10H2,1-2H3/t7-/m0/s1. The van der Waals surface area contributed by atoms with Crippen molar-refractivity contribution in [2.75, 3.05) is 13.1 Å². The van der Waals surface area contributed by atoms with Crippen LogP contribution in [0, 0.1) is 0 Å². The molecule has 0 aliphatic carbocycles. The van der Waals surface area contributed by atoms with Gasteiger partial charge in [0.05, 0.1) is 24.7 Å². The van der Waals surface area contributed by atoms with Crippen LogP contribution < -0.4 is 5.73 Å². The summed E-state index contributed by atoms with van der Waals surface area (Å²) >= 11 is 0. The van der Waals surface area contributed by atoms with Gasteiger partial charge >= 0.3 is 0 Å². The van der Waals surface area contributed by atoms with Crippen molar-refractivity contribution in [3.8, 4) is 0 Å². The van der Waals surface area contributed by atoms with E-state index in [1.54, 1.807) is 11.8 Å². The summed E-state index contributed by atoms with van der Waals surface area (Å²) in [4.78, 5) is 13.1. The van der Waals surface area contributed by atoms with Crippen LogP contribution in [0.5, 0.6) is 0 Å². The number of rotatable bonds is 3. The molecule has 1 fully saturated rings. The molecule has 1 atom stereocenters. The highest BCUT2D eigenvalue weighted by atomic mass is 16.3. The Hall–Kier alpha value is -0.610. The fourth-order valence-corrected chi connectivity index (χ4v) is 1.60. The van der Waals surface area contributed by atoms with Crippen molar-refractivity contribution in [3.63, 3.8) is 0 Å². The molecule has 0 saturated carbocycles. The largest absolute Gasteiger partial charge is 0.386 e. The van der Waals surface area contributed by atoms with Crippen LogP contribution in [-0.4, -0.2) is 40.6 Å². The van der Waals surface area contributed by atoms with Gasteiger partial charge in [0.25, 0.3) is 0 Å². The average Bonchev–Trinajstić information content (AvgIpc) is 1.99. The number of hydrogen-bond donors (Lipinski definition) is 2. The minimum Gasteiger partial charge on any atom is -0.386 e. The molecule has 0 bridgehead atoms. The van der Waals surface area contributed by atoms with Gasteiger partial charge < -0.3 is 15.7 Å². The summed E-state index contributed by atoms with van der Waals surface area (Å²) in [6.07, 6.45) is 1.63. The highest BCUT2D eigenvalue weighted by Gasteiger charge is 2.40. The summed E-state index contributed by atoms with van der Waals surface area (Å²) in [5.74, 6) is -0.0339. The van der Waals surface area contributed by atoms with E-state index in [4.69, 9.17) is 5.73 Å². The van der Waals surface area contributed by atoms with Crippen LogP contribution in [-0.2, 0) is 4.79 Å². The van der Waals surface area contributed by atoms with E-state index in [-0.39, 0.29) is 11.9 Å². The van der Waals surface area contributed by atoms with Gasteiger partial charge in [0.15, 0.2) is 0 Å². The summed E-state index contributed by atoms with van der Waals surface area (Å²) < 4.78 is 0. The Bertz CT molecular complexity index is 196. The summed E-state index contributed by atoms with van der Waals surface area (Å²) in [5, 5.41) is 9.41. The van der Waals surface area contributed by atoms with E-state index >= 15 is 0 Å². The molecule has 3 N–H and O–H groups in total. The Kier molecular flexibility index (Phi) is 2.93. The van der Waals surface area contributed by atoms with E-state index in [0.717, 1.165) is 12.8 Å². The van der Waals surface area contributed by atoms with Crippen molar-refractivity contribution >= 4 is 5.91 Å². The highest BCUT2D eigenvalue weighted by Crippen LogP contribution is 2.20. The number of likely N-dealkylation sites (tertiary alicyclic amines) is 1. The van der Waals surface area contributed by atoms with Crippen molar-refractivity contribution in [2.45, 2.75) is 38.3 Å². The smallest absolute Gasteiger partial charge is 0.239 e. The Morgan fingerprint density at radius 3 is 2.62 bits per heavy atom. The van der Waals surface area contributed by atoms with Crippen LogP contribution in [0.25, 0.3) is 0 Å². The van der Waals surface area contributed by atoms with Gasteiger partial charge in [-0.1, -0.05) is 13.3 Å². The monoisotopic (exact) mass is 186 g/mol. The molecule has 13 heavy (non-hydrogen) atoms. The van der Waals surface area contributed by atoms with Crippen LogP contribution in [0.1, 0.15) is 26.7 Å². The molecule has 1 heterocycles. The van der Waals surface area contributed by atoms with Gasteiger partial charge in [-0.25, -0.2) is 0 Å². The van der Waals surface area contributed by atoms with Gasteiger partial charge in [0, 0.05) is 0 Å². The minimum absolute atomic E-state index is 0.0339. The SMILES string of the molecule is CCC[C@H](N)C(=O)N1CC(C)(O)C1. The lowest BCUT2D eigenvalue weighted by Gasteiger charge is -2.45. The normalized spacial score (nSPS) is 22.3. The highest BCUT2D eigenvalue weighted by molar-refractivity contribution is 5.82. The Labute approximate surface area is 78.7 Å². The predicted octanol–water partition coefficient (Wildman–Crippen LogP) is -0.293. The van der Waals surface area contributed by atoms with E-state index in [1.165, 1.54) is 0 Å². The number of amides is 1. The second-order valence-electron chi connectivity index (χ2n) is 4.09. The van der Waals surface area contributed by atoms with Crippen LogP contribution >= 0.6 is 0 Å².